The monoisotopic (exact) mass is 382 g/mol. The highest BCUT2D eigenvalue weighted by Gasteiger charge is 2.05. The average Bonchev–Trinajstić information content (AvgIpc) is 2.40. The van der Waals surface area contributed by atoms with Crippen LogP contribution < -0.4 is 10.6 Å². The molecule has 19 heavy (non-hydrogen) atoms. The number of anilines is 2. The van der Waals surface area contributed by atoms with Gasteiger partial charge in [-0.15, -0.1) is 0 Å². The standard InChI is InChI=1S/C14H12Br2N2O/c15-10-5-1-3-7-12(10)17-9-14(19)18-13-8-4-2-6-11(13)16/h1-8,17H,9H2,(H,18,19). The lowest BCUT2D eigenvalue weighted by molar-refractivity contribution is -0.114. The van der Waals surface area contributed by atoms with Crippen LogP contribution >= 0.6 is 31.9 Å². The Bertz CT molecular complexity index is 587. The van der Waals surface area contributed by atoms with E-state index < -0.39 is 0 Å². The number of hydrogen-bond acceptors (Lipinski definition) is 2. The summed E-state index contributed by atoms with van der Waals surface area (Å²) in [4.78, 5) is 11.8. The number of carbonyl (C=O) groups is 1. The van der Waals surface area contributed by atoms with Crippen molar-refractivity contribution < 1.29 is 4.79 Å². The van der Waals surface area contributed by atoms with Gasteiger partial charge in [0.1, 0.15) is 0 Å². The molecule has 2 rings (SSSR count). The zero-order valence-corrected chi connectivity index (χ0v) is 13.2. The van der Waals surface area contributed by atoms with E-state index in [1.54, 1.807) is 0 Å². The van der Waals surface area contributed by atoms with E-state index in [1.807, 2.05) is 48.5 Å². The Morgan fingerprint density at radius 1 is 0.895 bits per heavy atom. The molecule has 0 aromatic heterocycles. The molecule has 0 fully saturated rings. The number of nitrogens with one attached hydrogen (secondary N) is 2. The second-order valence-electron chi connectivity index (χ2n) is 3.86. The lowest BCUT2D eigenvalue weighted by atomic mass is 10.3. The molecule has 2 aromatic carbocycles. The highest BCUT2D eigenvalue weighted by molar-refractivity contribution is 9.11. The second kappa shape index (κ2) is 6.73. The summed E-state index contributed by atoms with van der Waals surface area (Å²) in [5.74, 6) is -0.0948. The summed E-state index contributed by atoms with van der Waals surface area (Å²) in [5, 5.41) is 5.91. The fourth-order valence-electron chi connectivity index (χ4n) is 1.54. The molecule has 0 aliphatic carbocycles. The molecule has 2 N–H and O–H groups in total. The van der Waals surface area contributed by atoms with Crippen LogP contribution in [0.15, 0.2) is 57.5 Å². The summed E-state index contributed by atoms with van der Waals surface area (Å²) >= 11 is 6.81. The molecule has 0 bridgehead atoms. The number of halogens is 2. The van der Waals surface area contributed by atoms with Crippen LogP contribution in [-0.4, -0.2) is 12.5 Å². The van der Waals surface area contributed by atoms with Crippen molar-refractivity contribution in [2.45, 2.75) is 0 Å². The number of hydrogen-bond donors (Lipinski definition) is 2. The molecule has 1 amide bonds. The molecule has 2 aromatic rings. The van der Waals surface area contributed by atoms with E-state index in [0.29, 0.717) is 0 Å². The Labute approximate surface area is 128 Å². The van der Waals surface area contributed by atoms with Crippen molar-refractivity contribution in [2.24, 2.45) is 0 Å². The van der Waals surface area contributed by atoms with Crippen molar-refractivity contribution in [3.8, 4) is 0 Å². The number of carbonyl (C=O) groups excluding carboxylic acids is 1. The SMILES string of the molecule is O=C(CNc1ccccc1Br)Nc1ccccc1Br. The maximum Gasteiger partial charge on any atom is 0.243 e. The van der Waals surface area contributed by atoms with Crippen LogP contribution in [0.4, 0.5) is 11.4 Å². The highest BCUT2D eigenvalue weighted by atomic mass is 79.9. The molecule has 0 aliphatic rings. The number of benzene rings is 2. The number of amides is 1. The van der Waals surface area contributed by atoms with Gasteiger partial charge in [-0.3, -0.25) is 4.79 Å². The first kappa shape index (κ1) is 14.1. The minimum absolute atomic E-state index is 0.0948. The zero-order valence-electron chi connectivity index (χ0n) is 9.99. The quantitative estimate of drug-likeness (QED) is 0.827. The molecular weight excluding hydrogens is 372 g/mol. The van der Waals surface area contributed by atoms with Gasteiger partial charge in [0.25, 0.3) is 0 Å². The second-order valence-corrected chi connectivity index (χ2v) is 5.57. The van der Waals surface area contributed by atoms with Crippen LogP contribution in [0.1, 0.15) is 0 Å². The summed E-state index contributed by atoms with van der Waals surface area (Å²) in [5.41, 5.74) is 1.66. The van der Waals surface area contributed by atoms with Gasteiger partial charge in [0.05, 0.1) is 12.2 Å². The number of para-hydroxylation sites is 2. The average molecular weight is 384 g/mol. The van der Waals surface area contributed by atoms with Crippen molar-refractivity contribution in [1.29, 1.82) is 0 Å². The van der Waals surface area contributed by atoms with E-state index in [1.165, 1.54) is 0 Å². The summed E-state index contributed by atoms with van der Waals surface area (Å²) in [6.07, 6.45) is 0. The van der Waals surface area contributed by atoms with E-state index in [2.05, 4.69) is 42.5 Å². The van der Waals surface area contributed by atoms with Gasteiger partial charge in [-0.05, 0) is 56.1 Å². The maximum absolute atomic E-state index is 11.8. The topological polar surface area (TPSA) is 41.1 Å². The maximum atomic E-state index is 11.8. The van der Waals surface area contributed by atoms with E-state index in [0.717, 1.165) is 20.3 Å². The molecule has 98 valence electrons. The first-order valence-electron chi connectivity index (χ1n) is 5.69. The normalized spacial score (nSPS) is 10.0. The molecule has 0 saturated carbocycles. The van der Waals surface area contributed by atoms with Crippen molar-refractivity contribution in [2.75, 3.05) is 17.2 Å². The summed E-state index contributed by atoms with van der Waals surface area (Å²) < 4.78 is 1.80. The molecule has 0 unspecified atom stereocenters. The Hall–Kier alpha value is -1.33. The Kier molecular flexibility index (Phi) is 4.99. The molecule has 5 heteroatoms. The minimum Gasteiger partial charge on any atom is -0.375 e. The molecule has 0 saturated heterocycles. The zero-order chi connectivity index (χ0) is 13.7. The van der Waals surface area contributed by atoms with Crippen molar-refractivity contribution in [3.05, 3.63) is 57.5 Å². The molecule has 0 radical (unpaired) electrons. The van der Waals surface area contributed by atoms with Crippen LogP contribution in [0.5, 0.6) is 0 Å². The highest BCUT2D eigenvalue weighted by Crippen LogP contribution is 2.22. The largest absolute Gasteiger partial charge is 0.375 e. The summed E-state index contributed by atoms with van der Waals surface area (Å²) in [7, 11) is 0. The first-order valence-corrected chi connectivity index (χ1v) is 7.28. The lowest BCUT2D eigenvalue weighted by Gasteiger charge is -2.10. The predicted molar refractivity (Wildman–Crippen MR) is 85.4 cm³/mol. The van der Waals surface area contributed by atoms with Gasteiger partial charge in [-0.25, -0.2) is 0 Å². The van der Waals surface area contributed by atoms with E-state index in [9.17, 15) is 4.79 Å². The van der Waals surface area contributed by atoms with Crippen LogP contribution in [0.3, 0.4) is 0 Å². The van der Waals surface area contributed by atoms with Gasteiger partial charge >= 0.3 is 0 Å². The van der Waals surface area contributed by atoms with E-state index in [-0.39, 0.29) is 12.5 Å². The molecule has 0 aliphatic heterocycles. The Balaban J connectivity index is 1.92. The third kappa shape index (κ3) is 4.08. The van der Waals surface area contributed by atoms with Crippen LogP contribution in [0.2, 0.25) is 0 Å². The lowest BCUT2D eigenvalue weighted by Crippen LogP contribution is -2.22. The Morgan fingerprint density at radius 2 is 1.42 bits per heavy atom. The van der Waals surface area contributed by atoms with Gasteiger partial charge in [-0.2, -0.15) is 0 Å². The third-order valence-electron chi connectivity index (χ3n) is 2.46. The van der Waals surface area contributed by atoms with Crippen molar-refractivity contribution in [1.82, 2.24) is 0 Å². The van der Waals surface area contributed by atoms with Crippen LogP contribution in [0.25, 0.3) is 0 Å². The van der Waals surface area contributed by atoms with Gasteiger partial charge < -0.3 is 10.6 Å². The fraction of sp³-hybridized carbons (Fsp3) is 0.0714. The summed E-state index contributed by atoms with van der Waals surface area (Å²) in [6.45, 7) is 0.212. The van der Waals surface area contributed by atoms with E-state index in [4.69, 9.17) is 0 Å². The first-order chi connectivity index (χ1) is 9.16. The Morgan fingerprint density at radius 3 is 2.00 bits per heavy atom. The van der Waals surface area contributed by atoms with Gasteiger partial charge in [0.15, 0.2) is 0 Å². The van der Waals surface area contributed by atoms with Gasteiger partial charge in [-0.1, -0.05) is 24.3 Å². The van der Waals surface area contributed by atoms with E-state index >= 15 is 0 Å². The predicted octanol–water partition coefficient (Wildman–Crippen LogP) is 4.26. The fourth-order valence-corrected chi connectivity index (χ4v) is 2.35. The summed E-state index contributed by atoms with van der Waals surface area (Å²) in [6, 6.07) is 15.2. The molecule has 0 atom stereocenters. The number of rotatable bonds is 4. The van der Waals surface area contributed by atoms with Crippen molar-refractivity contribution in [3.63, 3.8) is 0 Å². The molecule has 3 nitrogen and oxygen atoms in total. The third-order valence-corrected chi connectivity index (χ3v) is 3.84. The molecule has 0 heterocycles. The van der Waals surface area contributed by atoms with Crippen molar-refractivity contribution >= 4 is 49.1 Å². The van der Waals surface area contributed by atoms with Gasteiger partial charge in [0.2, 0.25) is 5.91 Å². The smallest absolute Gasteiger partial charge is 0.243 e. The minimum atomic E-state index is -0.0948. The van der Waals surface area contributed by atoms with Crippen LogP contribution in [0, 0.1) is 0 Å². The van der Waals surface area contributed by atoms with Gasteiger partial charge in [0, 0.05) is 14.6 Å². The molecule has 0 spiro atoms. The van der Waals surface area contributed by atoms with Crippen LogP contribution in [-0.2, 0) is 4.79 Å². The molecular formula is C14H12Br2N2O.